The van der Waals surface area contributed by atoms with E-state index >= 15 is 0 Å². The maximum Gasteiger partial charge on any atom is 0.306 e. The minimum atomic E-state index is -0.172. The average Bonchev–Trinajstić information content (AvgIpc) is 3.31. The molecule has 0 N–H and O–H groups in total. The van der Waals surface area contributed by atoms with E-state index in [4.69, 9.17) is 18.9 Å². The Morgan fingerprint density at radius 3 is 0.731 bits per heavy atom. The molecule has 0 bridgehead atoms. The maximum atomic E-state index is 12.6. The monoisotopic (exact) mass is 949 g/mol. The summed E-state index contributed by atoms with van der Waals surface area (Å²) >= 11 is 0. The van der Waals surface area contributed by atoms with E-state index in [0.29, 0.717) is 32.1 Å². The van der Waals surface area contributed by atoms with Crippen LogP contribution in [0.2, 0.25) is 0 Å². The summed E-state index contributed by atoms with van der Waals surface area (Å²) in [6.07, 6.45) is 51.2. The number of esters is 4. The van der Waals surface area contributed by atoms with Crippen LogP contribution in [0.25, 0.3) is 0 Å². The Kier molecular flexibility index (Phi) is 51.6. The molecular formula is C59H112O8. The van der Waals surface area contributed by atoms with Gasteiger partial charge in [-0.1, -0.05) is 220 Å². The lowest BCUT2D eigenvalue weighted by atomic mass is 10.0. The molecule has 0 saturated carbocycles. The Hall–Kier alpha value is -2.12. The highest BCUT2D eigenvalue weighted by atomic mass is 16.6. The van der Waals surface area contributed by atoms with Crippen LogP contribution < -0.4 is 0 Å². The number of hydrogen-bond donors (Lipinski definition) is 0. The lowest BCUT2D eigenvalue weighted by Crippen LogP contribution is -2.18. The normalized spacial score (nSPS) is 12.2. The quantitative estimate of drug-likeness (QED) is 0.0337. The van der Waals surface area contributed by atoms with Gasteiger partial charge in [-0.05, 0) is 77.0 Å². The highest BCUT2D eigenvalue weighted by Crippen LogP contribution is 2.21. The van der Waals surface area contributed by atoms with E-state index in [1.807, 2.05) is 0 Å². The van der Waals surface area contributed by atoms with Crippen molar-refractivity contribution in [2.24, 2.45) is 0 Å². The zero-order valence-electron chi connectivity index (χ0n) is 45.1. The van der Waals surface area contributed by atoms with Crippen LogP contribution in [0.4, 0.5) is 0 Å². The summed E-state index contributed by atoms with van der Waals surface area (Å²) in [7, 11) is 0. The van der Waals surface area contributed by atoms with E-state index in [1.165, 1.54) is 128 Å². The highest BCUT2D eigenvalue weighted by molar-refractivity contribution is 5.70. The molecule has 0 aromatic heterocycles. The molecule has 0 fully saturated rings. The standard InChI is InChI=1S/C59H112O8/c1-5-9-13-17-19-21-23-33-41-50-58(62)66-54(44-35-15-11-7-3)46-37-29-25-27-31-39-48-56(60)64-52-43-53-65-57(61)49-40-32-28-26-30-38-47-55(45-36-16-12-8-4)67-59(63)51-42-34-24-22-20-18-14-10-6-2/h54-55H,5-53H2,1-4H3. The van der Waals surface area contributed by atoms with Gasteiger partial charge in [-0.25, -0.2) is 0 Å². The van der Waals surface area contributed by atoms with Crippen molar-refractivity contribution in [3.63, 3.8) is 0 Å². The van der Waals surface area contributed by atoms with Crippen LogP contribution in [-0.4, -0.2) is 49.3 Å². The number of carbonyl (C=O) groups is 4. The Balaban J connectivity index is 3.94. The van der Waals surface area contributed by atoms with Crippen molar-refractivity contribution in [3.05, 3.63) is 0 Å². The molecule has 0 aromatic carbocycles. The number of carbonyl (C=O) groups excluding carboxylic acids is 4. The van der Waals surface area contributed by atoms with Crippen molar-refractivity contribution >= 4 is 23.9 Å². The van der Waals surface area contributed by atoms with Crippen LogP contribution >= 0.6 is 0 Å². The molecule has 0 aliphatic carbocycles. The fourth-order valence-corrected chi connectivity index (χ4v) is 9.04. The van der Waals surface area contributed by atoms with Gasteiger partial charge in [-0.3, -0.25) is 19.2 Å². The second kappa shape index (κ2) is 53.2. The van der Waals surface area contributed by atoms with E-state index < -0.39 is 0 Å². The molecule has 0 amide bonds. The van der Waals surface area contributed by atoms with Crippen LogP contribution in [0.1, 0.15) is 329 Å². The summed E-state index contributed by atoms with van der Waals surface area (Å²) in [5, 5.41) is 0. The van der Waals surface area contributed by atoms with Gasteiger partial charge in [-0.2, -0.15) is 0 Å². The third-order valence-corrected chi connectivity index (χ3v) is 13.5. The van der Waals surface area contributed by atoms with E-state index in [9.17, 15) is 19.2 Å². The number of rotatable bonds is 54. The molecule has 0 aliphatic heterocycles. The molecule has 67 heavy (non-hydrogen) atoms. The van der Waals surface area contributed by atoms with Gasteiger partial charge in [-0.15, -0.1) is 0 Å². The van der Waals surface area contributed by atoms with Gasteiger partial charge in [0.05, 0.1) is 13.2 Å². The number of hydrogen-bond acceptors (Lipinski definition) is 8. The van der Waals surface area contributed by atoms with Crippen molar-refractivity contribution in [3.8, 4) is 0 Å². The molecule has 0 radical (unpaired) electrons. The Morgan fingerprint density at radius 1 is 0.254 bits per heavy atom. The van der Waals surface area contributed by atoms with Gasteiger partial charge in [0.25, 0.3) is 0 Å². The summed E-state index contributed by atoms with van der Waals surface area (Å²) in [4.78, 5) is 49.7. The lowest BCUT2D eigenvalue weighted by Gasteiger charge is -2.18. The Labute approximate surface area is 415 Å². The fourth-order valence-electron chi connectivity index (χ4n) is 9.04. The first-order chi connectivity index (χ1) is 32.9. The van der Waals surface area contributed by atoms with Crippen molar-refractivity contribution in [1.82, 2.24) is 0 Å². The van der Waals surface area contributed by atoms with Gasteiger partial charge >= 0.3 is 23.9 Å². The van der Waals surface area contributed by atoms with Gasteiger partial charge in [0.1, 0.15) is 12.2 Å². The first-order valence-electron chi connectivity index (χ1n) is 29.6. The van der Waals surface area contributed by atoms with Crippen LogP contribution in [0.5, 0.6) is 0 Å². The molecule has 396 valence electrons. The van der Waals surface area contributed by atoms with Crippen molar-refractivity contribution in [2.45, 2.75) is 342 Å². The van der Waals surface area contributed by atoms with Gasteiger partial charge in [0, 0.05) is 32.1 Å². The highest BCUT2D eigenvalue weighted by Gasteiger charge is 2.16. The van der Waals surface area contributed by atoms with E-state index in [-0.39, 0.29) is 49.3 Å². The van der Waals surface area contributed by atoms with Crippen LogP contribution in [0.15, 0.2) is 0 Å². The van der Waals surface area contributed by atoms with Crippen LogP contribution in [-0.2, 0) is 38.1 Å². The maximum absolute atomic E-state index is 12.6. The molecular weight excluding hydrogens is 837 g/mol. The zero-order valence-corrected chi connectivity index (χ0v) is 45.1. The van der Waals surface area contributed by atoms with E-state index in [1.54, 1.807) is 0 Å². The molecule has 2 atom stereocenters. The molecule has 8 nitrogen and oxygen atoms in total. The first-order valence-corrected chi connectivity index (χ1v) is 29.6. The van der Waals surface area contributed by atoms with Gasteiger partial charge in [0.2, 0.25) is 0 Å². The van der Waals surface area contributed by atoms with E-state index in [0.717, 1.165) is 141 Å². The van der Waals surface area contributed by atoms with Crippen LogP contribution in [0, 0.1) is 0 Å². The predicted molar refractivity (Wildman–Crippen MR) is 281 cm³/mol. The minimum Gasteiger partial charge on any atom is -0.466 e. The molecule has 8 heteroatoms. The summed E-state index contributed by atoms with van der Waals surface area (Å²) in [6, 6.07) is 0. The lowest BCUT2D eigenvalue weighted by molar-refractivity contribution is -0.151. The first kappa shape index (κ1) is 64.9. The summed E-state index contributed by atoms with van der Waals surface area (Å²) < 4.78 is 22.7. The fraction of sp³-hybridized carbons (Fsp3) is 0.932. The van der Waals surface area contributed by atoms with Crippen molar-refractivity contribution in [1.29, 1.82) is 0 Å². The third-order valence-electron chi connectivity index (χ3n) is 13.5. The largest absolute Gasteiger partial charge is 0.466 e. The van der Waals surface area contributed by atoms with Crippen LogP contribution in [0.3, 0.4) is 0 Å². The second-order valence-electron chi connectivity index (χ2n) is 20.2. The van der Waals surface area contributed by atoms with E-state index in [2.05, 4.69) is 27.7 Å². The second-order valence-corrected chi connectivity index (χ2v) is 20.2. The molecule has 0 spiro atoms. The molecule has 0 rings (SSSR count). The minimum absolute atomic E-state index is 0.00537. The molecule has 0 aliphatic rings. The van der Waals surface area contributed by atoms with Crippen molar-refractivity contribution < 1.29 is 38.1 Å². The average molecular weight is 950 g/mol. The Morgan fingerprint density at radius 2 is 0.463 bits per heavy atom. The van der Waals surface area contributed by atoms with Gasteiger partial charge in [0.15, 0.2) is 0 Å². The molecule has 0 saturated heterocycles. The number of ether oxygens (including phenoxy) is 4. The summed E-state index contributed by atoms with van der Waals surface area (Å²) in [5.41, 5.74) is 0. The summed E-state index contributed by atoms with van der Waals surface area (Å²) in [6.45, 7) is 9.54. The Bertz CT molecular complexity index is 996. The SMILES string of the molecule is CCCCCCCCCCCC(=O)OC(CCCCCC)CCCCCCCCC(=O)OCCCOC(=O)CCCCCCCCC(CCCCCC)OC(=O)CCCCCCCCCCC. The topological polar surface area (TPSA) is 105 Å². The smallest absolute Gasteiger partial charge is 0.306 e. The molecule has 0 heterocycles. The summed E-state index contributed by atoms with van der Waals surface area (Å²) in [5.74, 6) is -0.355. The molecule has 0 aromatic rings. The molecule has 2 unspecified atom stereocenters. The third kappa shape index (κ3) is 50.1. The van der Waals surface area contributed by atoms with Crippen molar-refractivity contribution in [2.75, 3.05) is 13.2 Å². The predicted octanol–water partition coefficient (Wildman–Crippen LogP) is 18.3. The zero-order chi connectivity index (χ0) is 48.9. The van der Waals surface area contributed by atoms with Gasteiger partial charge < -0.3 is 18.9 Å². The number of unbranched alkanes of at least 4 members (excludes halogenated alkanes) is 32.